The Morgan fingerprint density at radius 1 is 1.00 bits per heavy atom. The molecule has 0 bridgehead atoms. The van der Waals surface area contributed by atoms with Crippen molar-refractivity contribution >= 4 is 10.2 Å². The Morgan fingerprint density at radius 2 is 1.60 bits per heavy atom. The van der Waals surface area contributed by atoms with Crippen LogP contribution in [0.2, 0.25) is 0 Å². The van der Waals surface area contributed by atoms with E-state index in [1.165, 1.54) is 0 Å². The van der Waals surface area contributed by atoms with Crippen molar-refractivity contribution in [2.75, 3.05) is 26.2 Å². The van der Waals surface area contributed by atoms with E-state index in [-0.39, 0.29) is 6.04 Å². The van der Waals surface area contributed by atoms with Crippen molar-refractivity contribution in [2.24, 2.45) is 5.73 Å². The minimum atomic E-state index is -3.21. The SMILES string of the molecule is N[C@@H]1CCCN(S(=O)(=O)N2CCCC2)C1. The quantitative estimate of drug-likeness (QED) is 0.715. The standard InChI is InChI=1S/C9H19N3O2S/c10-9-4-3-7-12(8-9)15(13,14)11-5-1-2-6-11/h9H,1-8,10H2/t9-/m1/s1. The predicted octanol–water partition coefficient (Wildman–Crippen LogP) is -0.250. The zero-order valence-corrected chi connectivity index (χ0v) is 9.75. The van der Waals surface area contributed by atoms with E-state index in [1.807, 2.05) is 0 Å². The number of hydrogen-bond acceptors (Lipinski definition) is 3. The third kappa shape index (κ3) is 2.33. The molecule has 15 heavy (non-hydrogen) atoms. The summed E-state index contributed by atoms with van der Waals surface area (Å²) in [7, 11) is -3.21. The second-order valence-electron chi connectivity index (χ2n) is 4.37. The fourth-order valence-corrected chi connectivity index (χ4v) is 4.05. The molecule has 0 aromatic carbocycles. The van der Waals surface area contributed by atoms with Gasteiger partial charge in [0.1, 0.15) is 0 Å². The molecule has 88 valence electrons. The summed E-state index contributed by atoms with van der Waals surface area (Å²) in [5.74, 6) is 0. The predicted molar refractivity (Wildman–Crippen MR) is 58.5 cm³/mol. The van der Waals surface area contributed by atoms with E-state index in [2.05, 4.69) is 0 Å². The molecule has 0 unspecified atom stereocenters. The van der Waals surface area contributed by atoms with Gasteiger partial charge >= 0.3 is 0 Å². The van der Waals surface area contributed by atoms with Crippen molar-refractivity contribution in [3.8, 4) is 0 Å². The van der Waals surface area contributed by atoms with E-state index in [1.54, 1.807) is 8.61 Å². The summed E-state index contributed by atoms with van der Waals surface area (Å²) < 4.78 is 27.4. The average Bonchev–Trinajstić information content (AvgIpc) is 2.71. The van der Waals surface area contributed by atoms with Crippen LogP contribution in [0.25, 0.3) is 0 Å². The maximum Gasteiger partial charge on any atom is 0.282 e. The maximum atomic E-state index is 12.1. The molecule has 2 aliphatic heterocycles. The largest absolute Gasteiger partial charge is 0.327 e. The van der Waals surface area contributed by atoms with Crippen molar-refractivity contribution in [3.05, 3.63) is 0 Å². The van der Waals surface area contributed by atoms with Crippen LogP contribution in [0.15, 0.2) is 0 Å². The topological polar surface area (TPSA) is 66.6 Å². The van der Waals surface area contributed by atoms with Gasteiger partial charge < -0.3 is 5.73 Å². The van der Waals surface area contributed by atoms with Gasteiger partial charge in [0.15, 0.2) is 0 Å². The van der Waals surface area contributed by atoms with E-state index >= 15 is 0 Å². The molecule has 0 aromatic rings. The van der Waals surface area contributed by atoms with E-state index in [0.29, 0.717) is 26.2 Å². The molecular weight excluding hydrogens is 214 g/mol. The Labute approximate surface area is 91.4 Å². The summed E-state index contributed by atoms with van der Waals surface area (Å²) in [6.07, 6.45) is 3.79. The van der Waals surface area contributed by atoms with E-state index < -0.39 is 10.2 Å². The number of rotatable bonds is 2. The lowest BCUT2D eigenvalue weighted by Crippen LogP contribution is -2.50. The van der Waals surface area contributed by atoms with E-state index in [0.717, 1.165) is 25.7 Å². The van der Waals surface area contributed by atoms with Gasteiger partial charge in [0, 0.05) is 32.2 Å². The molecule has 0 spiro atoms. The van der Waals surface area contributed by atoms with Crippen LogP contribution in [-0.2, 0) is 10.2 Å². The molecule has 0 aliphatic carbocycles. The minimum absolute atomic E-state index is 0.0103. The summed E-state index contributed by atoms with van der Waals surface area (Å²) in [4.78, 5) is 0. The van der Waals surface area contributed by atoms with Gasteiger partial charge in [-0.15, -0.1) is 0 Å². The van der Waals surface area contributed by atoms with Crippen LogP contribution in [0, 0.1) is 0 Å². The van der Waals surface area contributed by atoms with Crippen LogP contribution < -0.4 is 5.73 Å². The lowest BCUT2D eigenvalue weighted by atomic mass is 10.1. The van der Waals surface area contributed by atoms with Crippen molar-refractivity contribution in [1.29, 1.82) is 0 Å². The third-order valence-corrected chi connectivity index (χ3v) is 5.14. The molecule has 2 rings (SSSR count). The number of nitrogens with zero attached hydrogens (tertiary/aromatic N) is 2. The highest BCUT2D eigenvalue weighted by Gasteiger charge is 2.33. The molecule has 0 radical (unpaired) electrons. The Morgan fingerprint density at radius 3 is 2.20 bits per heavy atom. The molecule has 6 heteroatoms. The lowest BCUT2D eigenvalue weighted by Gasteiger charge is -2.32. The normalized spacial score (nSPS) is 30.9. The lowest BCUT2D eigenvalue weighted by molar-refractivity contribution is 0.293. The summed E-state index contributed by atoms with van der Waals surface area (Å²) in [6, 6.07) is 0.0103. The highest BCUT2D eigenvalue weighted by molar-refractivity contribution is 7.86. The van der Waals surface area contributed by atoms with E-state index in [9.17, 15) is 8.42 Å². The molecule has 5 nitrogen and oxygen atoms in total. The molecule has 1 atom stereocenters. The Balaban J connectivity index is 2.07. The van der Waals surface area contributed by atoms with Gasteiger partial charge in [-0.25, -0.2) is 0 Å². The van der Waals surface area contributed by atoms with Crippen LogP contribution in [0.1, 0.15) is 25.7 Å². The monoisotopic (exact) mass is 233 g/mol. The zero-order valence-electron chi connectivity index (χ0n) is 8.93. The van der Waals surface area contributed by atoms with Gasteiger partial charge in [-0.1, -0.05) is 0 Å². The van der Waals surface area contributed by atoms with Crippen LogP contribution in [0.4, 0.5) is 0 Å². The Hall–Kier alpha value is -0.170. The molecular formula is C9H19N3O2S. The highest BCUT2D eigenvalue weighted by atomic mass is 32.2. The van der Waals surface area contributed by atoms with Gasteiger partial charge in [0.05, 0.1) is 0 Å². The first-order chi connectivity index (χ1) is 7.10. The van der Waals surface area contributed by atoms with Gasteiger partial charge in [0.25, 0.3) is 10.2 Å². The summed E-state index contributed by atoms with van der Waals surface area (Å²) in [5.41, 5.74) is 5.80. The van der Waals surface area contributed by atoms with Gasteiger partial charge in [-0.3, -0.25) is 0 Å². The van der Waals surface area contributed by atoms with Crippen molar-refractivity contribution in [2.45, 2.75) is 31.7 Å². The molecule has 0 amide bonds. The van der Waals surface area contributed by atoms with E-state index in [4.69, 9.17) is 5.73 Å². The maximum absolute atomic E-state index is 12.1. The van der Waals surface area contributed by atoms with Crippen LogP contribution in [-0.4, -0.2) is 49.2 Å². The summed E-state index contributed by atoms with van der Waals surface area (Å²) in [5, 5.41) is 0. The first kappa shape index (κ1) is 11.3. The number of nitrogens with two attached hydrogens (primary N) is 1. The van der Waals surface area contributed by atoms with Crippen molar-refractivity contribution in [3.63, 3.8) is 0 Å². The fraction of sp³-hybridized carbons (Fsp3) is 1.00. The van der Waals surface area contributed by atoms with Crippen molar-refractivity contribution in [1.82, 2.24) is 8.61 Å². The highest BCUT2D eigenvalue weighted by Crippen LogP contribution is 2.19. The van der Waals surface area contributed by atoms with Gasteiger partial charge in [-0.05, 0) is 25.7 Å². The number of piperidine rings is 1. The molecule has 0 saturated carbocycles. The number of hydrogen-bond donors (Lipinski definition) is 1. The zero-order chi connectivity index (χ0) is 10.9. The van der Waals surface area contributed by atoms with Crippen LogP contribution in [0.3, 0.4) is 0 Å². The molecule has 2 saturated heterocycles. The Kier molecular flexibility index (Phi) is 3.30. The van der Waals surface area contributed by atoms with Crippen LogP contribution >= 0.6 is 0 Å². The second-order valence-corrected chi connectivity index (χ2v) is 6.30. The molecule has 2 fully saturated rings. The molecule has 2 heterocycles. The first-order valence-electron chi connectivity index (χ1n) is 5.61. The molecule has 2 N–H and O–H groups in total. The van der Waals surface area contributed by atoms with Crippen molar-refractivity contribution < 1.29 is 8.42 Å². The molecule has 2 aliphatic rings. The third-order valence-electron chi connectivity index (χ3n) is 3.14. The van der Waals surface area contributed by atoms with Gasteiger partial charge in [0.2, 0.25) is 0 Å². The van der Waals surface area contributed by atoms with Gasteiger partial charge in [-0.2, -0.15) is 17.0 Å². The average molecular weight is 233 g/mol. The van der Waals surface area contributed by atoms with Crippen LogP contribution in [0.5, 0.6) is 0 Å². The Bertz CT molecular complexity index is 311. The summed E-state index contributed by atoms with van der Waals surface area (Å²) in [6.45, 7) is 2.47. The first-order valence-corrected chi connectivity index (χ1v) is 7.01. The minimum Gasteiger partial charge on any atom is -0.327 e. The fourth-order valence-electron chi connectivity index (χ4n) is 2.27. The summed E-state index contributed by atoms with van der Waals surface area (Å²) >= 11 is 0. The molecule has 0 aromatic heterocycles. The second kappa shape index (κ2) is 4.37. The smallest absolute Gasteiger partial charge is 0.282 e.